The molecule has 180 valence electrons. The highest BCUT2D eigenvalue weighted by molar-refractivity contribution is 6.51. The number of ketones is 1. The summed E-state index contributed by atoms with van der Waals surface area (Å²) in [4.78, 5) is 32.1. The maximum Gasteiger partial charge on any atom is 0.300 e. The van der Waals surface area contributed by atoms with Crippen molar-refractivity contribution in [2.24, 2.45) is 0 Å². The van der Waals surface area contributed by atoms with Crippen LogP contribution in [0.5, 0.6) is 11.5 Å². The van der Waals surface area contributed by atoms with Crippen LogP contribution in [0.1, 0.15) is 42.5 Å². The van der Waals surface area contributed by atoms with Gasteiger partial charge in [-0.3, -0.25) is 19.5 Å². The number of carbonyl (C=O) groups is 2. The molecule has 1 aromatic heterocycles. The fourth-order valence-electron chi connectivity index (χ4n) is 4.17. The third-order valence-corrected chi connectivity index (χ3v) is 6.33. The second-order valence-electron chi connectivity index (χ2n) is 8.38. The van der Waals surface area contributed by atoms with Crippen LogP contribution in [0.25, 0.3) is 5.76 Å². The number of methoxy groups -OCH3 is 2. The summed E-state index contributed by atoms with van der Waals surface area (Å²) in [6.07, 6.45) is 3.14. The van der Waals surface area contributed by atoms with Gasteiger partial charge in [0, 0.05) is 24.1 Å². The Morgan fingerprint density at radius 1 is 1.00 bits per heavy atom. The molecule has 3 aromatic rings. The number of aliphatic hydroxyl groups is 1. The lowest BCUT2D eigenvalue weighted by molar-refractivity contribution is -0.132. The first-order chi connectivity index (χ1) is 16.8. The zero-order chi connectivity index (χ0) is 25.3. The van der Waals surface area contributed by atoms with E-state index in [1.807, 2.05) is 12.1 Å². The lowest BCUT2D eigenvalue weighted by atomic mass is 9.95. The van der Waals surface area contributed by atoms with Crippen molar-refractivity contribution in [2.75, 3.05) is 19.1 Å². The second-order valence-corrected chi connectivity index (χ2v) is 8.79. The Hall–Kier alpha value is -3.84. The largest absolute Gasteiger partial charge is 0.507 e. The van der Waals surface area contributed by atoms with E-state index in [0.29, 0.717) is 22.9 Å². The Morgan fingerprint density at radius 3 is 2.20 bits per heavy atom. The number of hydrogen-bond acceptors (Lipinski definition) is 6. The summed E-state index contributed by atoms with van der Waals surface area (Å²) in [7, 11) is 2.88. The van der Waals surface area contributed by atoms with Gasteiger partial charge in [0.25, 0.3) is 11.7 Å². The van der Waals surface area contributed by atoms with Gasteiger partial charge in [0.1, 0.15) is 17.3 Å². The summed E-state index contributed by atoms with van der Waals surface area (Å²) in [6, 6.07) is 13.0. The van der Waals surface area contributed by atoms with Gasteiger partial charge in [-0.1, -0.05) is 37.6 Å². The zero-order valence-corrected chi connectivity index (χ0v) is 20.5. The maximum atomic E-state index is 13.3. The van der Waals surface area contributed by atoms with Crippen LogP contribution in [0, 0.1) is 0 Å². The molecule has 1 aliphatic rings. The molecule has 0 bridgehead atoms. The molecule has 2 heterocycles. The first-order valence-corrected chi connectivity index (χ1v) is 11.4. The summed E-state index contributed by atoms with van der Waals surface area (Å²) in [6.45, 7) is 4.15. The minimum Gasteiger partial charge on any atom is -0.507 e. The first-order valence-electron chi connectivity index (χ1n) is 11.0. The number of rotatable bonds is 6. The monoisotopic (exact) mass is 492 g/mol. The van der Waals surface area contributed by atoms with Crippen molar-refractivity contribution in [2.45, 2.75) is 25.8 Å². The molecule has 35 heavy (non-hydrogen) atoms. The summed E-state index contributed by atoms with van der Waals surface area (Å²) in [5.41, 5.74) is 2.35. The third-order valence-electron chi connectivity index (χ3n) is 6.03. The predicted molar refractivity (Wildman–Crippen MR) is 134 cm³/mol. The van der Waals surface area contributed by atoms with E-state index in [9.17, 15) is 14.7 Å². The normalized spacial score (nSPS) is 17.2. The van der Waals surface area contributed by atoms with Crippen LogP contribution in [-0.4, -0.2) is 36.0 Å². The molecule has 1 N–H and O–H groups in total. The number of aromatic nitrogens is 1. The highest BCUT2D eigenvalue weighted by Gasteiger charge is 2.47. The van der Waals surface area contributed by atoms with Crippen LogP contribution in [-0.2, 0) is 9.59 Å². The average molecular weight is 493 g/mol. The van der Waals surface area contributed by atoms with Crippen molar-refractivity contribution < 1.29 is 24.2 Å². The minimum absolute atomic E-state index is 0.0753. The Kier molecular flexibility index (Phi) is 6.80. The molecular weight excluding hydrogens is 468 g/mol. The molecule has 1 atom stereocenters. The molecule has 2 aromatic carbocycles. The van der Waals surface area contributed by atoms with E-state index in [2.05, 4.69) is 18.8 Å². The van der Waals surface area contributed by atoms with Gasteiger partial charge >= 0.3 is 0 Å². The van der Waals surface area contributed by atoms with Crippen LogP contribution >= 0.6 is 11.6 Å². The summed E-state index contributed by atoms with van der Waals surface area (Å²) in [5.74, 6) is -1.06. The van der Waals surface area contributed by atoms with Gasteiger partial charge in [0.2, 0.25) is 0 Å². The van der Waals surface area contributed by atoms with Crippen LogP contribution in [0.2, 0.25) is 5.02 Å². The molecule has 1 aliphatic heterocycles. The Morgan fingerprint density at radius 2 is 1.63 bits per heavy atom. The molecule has 1 fully saturated rings. The summed E-state index contributed by atoms with van der Waals surface area (Å²) >= 11 is 6.31. The van der Waals surface area contributed by atoms with Gasteiger partial charge in [0.15, 0.2) is 0 Å². The molecular formula is C27H25ClN2O5. The van der Waals surface area contributed by atoms with Gasteiger partial charge in [-0.15, -0.1) is 0 Å². The van der Waals surface area contributed by atoms with Crippen molar-refractivity contribution in [3.63, 3.8) is 0 Å². The van der Waals surface area contributed by atoms with Crippen molar-refractivity contribution >= 4 is 34.7 Å². The topological polar surface area (TPSA) is 89.0 Å². The van der Waals surface area contributed by atoms with Gasteiger partial charge in [-0.05, 0) is 47.4 Å². The molecule has 0 saturated carbocycles. The predicted octanol–water partition coefficient (Wildman–Crippen LogP) is 5.50. The van der Waals surface area contributed by atoms with E-state index in [0.717, 1.165) is 5.56 Å². The fourth-order valence-corrected chi connectivity index (χ4v) is 4.41. The maximum absolute atomic E-state index is 13.3. The number of aliphatic hydroxyl groups excluding tert-OH is 1. The number of nitrogens with zero attached hydrogens (tertiary/aromatic N) is 2. The number of amides is 1. The third kappa shape index (κ3) is 4.35. The summed E-state index contributed by atoms with van der Waals surface area (Å²) < 4.78 is 10.7. The number of hydrogen-bond donors (Lipinski definition) is 1. The molecule has 4 rings (SSSR count). The Bertz CT molecular complexity index is 1300. The van der Waals surface area contributed by atoms with Crippen molar-refractivity contribution in [3.8, 4) is 11.5 Å². The standard InChI is InChI=1S/C27H25ClN2O5/c1-15(2)16-5-7-18(8-6-16)30-24(17-9-11-29-12-10-17)23(26(32)27(30)33)25(31)19-13-20(28)22(35-4)14-21(19)34-3/h5-15,24,31H,1-4H3/b25-23+. The molecule has 7 nitrogen and oxygen atoms in total. The highest BCUT2D eigenvalue weighted by atomic mass is 35.5. The van der Waals surface area contributed by atoms with Crippen LogP contribution in [0.4, 0.5) is 5.69 Å². The van der Waals surface area contributed by atoms with E-state index in [-0.39, 0.29) is 21.9 Å². The molecule has 8 heteroatoms. The van der Waals surface area contributed by atoms with Gasteiger partial charge in [0.05, 0.1) is 36.4 Å². The SMILES string of the molecule is COc1cc(OC)c(/C(O)=C2\C(=O)C(=O)N(c3ccc(C(C)C)cc3)C2c2ccncc2)cc1Cl. The van der Waals surface area contributed by atoms with Gasteiger partial charge < -0.3 is 14.6 Å². The lowest BCUT2D eigenvalue weighted by Crippen LogP contribution is -2.29. The summed E-state index contributed by atoms with van der Waals surface area (Å²) in [5, 5.41) is 11.6. The zero-order valence-electron chi connectivity index (χ0n) is 19.8. The minimum atomic E-state index is -0.881. The molecule has 0 spiro atoms. The number of benzene rings is 2. The number of halogens is 1. The highest BCUT2D eigenvalue weighted by Crippen LogP contribution is 2.44. The molecule has 1 unspecified atom stereocenters. The number of anilines is 1. The van der Waals surface area contributed by atoms with E-state index in [4.69, 9.17) is 21.1 Å². The molecule has 1 amide bonds. The lowest BCUT2D eigenvalue weighted by Gasteiger charge is -2.26. The van der Waals surface area contributed by atoms with Crippen LogP contribution < -0.4 is 14.4 Å². The van der Waals surface area contributed by atoms with E-state index in [1.54, 1.807) is 36.7 Å². The van der Waals surface area contributed by atoms with Gasteiger partial charge in [-0.25, -0.2) is 0 Å². The number of carbonyl (C=O) groups excluding carboxylic acids is 2. The Labute approximate surface area is 208 Å². The average Bonchev–Trinajstić information content (AvgIpc) is 3.14. The first kappa shape index (κ1) is 24.3. The van der Waals surface area contributed by atoms with Crippen molar-refractivity contribution in [1.29, 1.82) is 0 Å². The van der Waals surface area contributed by atoms with Crippen LogP contribution in [0.15, 0.2) is 66.5 Å². The number of pyridine rings is 1. The number of Topliss-reactive ketones (excluding diaryl/α,β-unsaturated/α-hetero) is 1. The smallest absolute Gasteiger partial charge is 0.300 e. The van der Waals surface area contributed by atoms with Crippen LogP contribution in [0.3, 0.4) is 0 Å². The Balaban J connectivity index is 1.94. The van der Waals surface area contributed by atoms with Gasteiger partial charge in [-0.2, -0.15) is 0 Å². The van der Waals surface area contributed by atoms with E-state index in [1.165, 1.54) is 31.3 Å². The van der Waals surface area contributed by atoms with E-state index >= 15 is 0 Å². The number of ether oxygens (including phenoxy) is 2. The molecule has 0 aliphatic carbocycles. The molecule has 1 saturated heterocycles. The fraction of sp³-hybridized carbons (Fsp3) is 0.222. The second kappa shape index (κ2) is 9.80. The van der Waals surface area contributed by atoms with Crippen molar-refractivity contribution in [3.05, 3.63) is 88.2 Å². The quantitative estimate of drug-likeness (QED) is 0.277. The van der Waals surface area contributed by atoms with Crippen molar-refractivity contribution in [1.82, 2.24) is 4.98 Å². The van der Waals surface area contributed by atoms with E-state index < -0.39 is 23.5 Å². The molecule has 0 radical (unpaired) electrons.